The van der Waals surface area contributed by atoms with Crippen molar-refractivity contribution in [2.24, 2.45) is 0 Å². The van der Waals surface area contributed by atoms with Gasteiger partial charge < -0.3 is 9.47 Å². The van der Waals surface area contributed by atoms with Crippen LogP contribution in [0, 0.1) is 6.92 Å². The van der Waals surface area contributed by atoms with Gasteiger partial charge in [0.15, 0.2) is 0 Å². The van der Waals surface area contributed by atoms with Gasteiger partial charge in [-0.05, 0) is 24.6 Å². The number of aryl methyl sites for hydroxylation is 1. The van der Waals surface area contributed by atoms with E-state index in [9.17, 15) is 0 Å². The first-order chi connectivity index (χ1) is 10.2. The highest BCUT2D eigenvalue weighted by atomic mass is 16.5. The van der Waals surface area contributed by atoms with Crippen LogP contribution in [-0.2, 0) is 0 Å². The topological polar surface area (TPSA) is 57.1 Å². The maximum absolute atomic E-state index is 5.36. The summed E-state index contributed by atoms with van der Waals surface area (Å²) in [6.45, 7) is 1.98. The van der Waals surface area contributed by atoms with E-state index < -0.39 is 0 Å². The van der Waals surface area contributed by atoms with E-state index in [2.05, 4.69) is 21.0 Å². The van der Waals surface area contributed by atoms with E-state index in [1.807, 2.05) is 31.2 Å². The third-order valence-corrected chi connectivity index (χ3v) is 3.27. The molecule has 0 bridgehead atoms. The van der Waals surface area contributed by atoms with E-state index in [4.69, 9.17) is 9.47 Å². The zero-order valence-electron chi connectivity index (χ0n) is 12.1. The largest absolute Gasteiger partial charge is 0.480 e. The van der Waals surface area contributed by atoms with Crippen LogP contribution >= 0.6 is 0 Å². The molecule has 106 valence electrons. The molecule has 21 heavy (non-hydrogen) atoms. The van der Waals surface area contributed by atoms with Crippen LogP contribution in [0.15, 0.2) is 36.5 Å². The molecule has 0 aliphatic rings. The molecule has 1 aromatic carbocycles. The van der Waals surface area contributed by atoms with Crippen molar-refractivity contribution in [3.63, 3.8) is 0 Å². The fourth-order valence-corrected chi connectivity index (χ4v) is 2.28. The van der Waals surface area contributed by atoms with Gasteiger partial charge in [0.2, 0.25) is 5.88 Å². The van der Waals surface area contributed by atoms with Crippen molar-refractivity contribution in [3.8, 4) is 23.0 Å². The number of benzene rings is 1. The first kappa shape index (κ1) is 13.3. The summed E-state index contributed by atoms with van der Waals surface area (Å²) in [6.07, 6.45) is 1.71. The average molecular weight is 281 g/mol. The Labute approximate surface area is 122 Å². The lowest BCUT2D eigenvalue weighted by molar-refractivity contribution is 0.353. The molecule has 3 aromatic rings. The molecular weight excluding hydrogens is 266 g/mol. The van der Waals surface area contributed by atoms with Gasteiger partial charge in [-0.1, -0.05) is 18.2 Å². The zero-order valence-corrected chi connectivity index (χ0v) is 12.1. The Kier molecular flexibility index (Phi) is 3.39. The molecule has 0 aliphatic heterocycles. The van der Waals surface area contributed by atoms with Gasteiger partial charge in [0, 0.05) is 17.3 Å². The second kappa shape index (κ2) is 5.36. The summed E-state index contributed by atoms with van der Waals surface area (Å²) in [5.41, 5.74) is 3.72. The number of aromatic nitrogens is 3. The van der Waals surface area contributed by atoms with Crippen LogP contribution in [-0.4, -0.2) is 29.2 Å². The van der Waals surface area contributed by atoms with Gasteiger partial charge in [-0.25, -0.2) is 4.98 Å². The quantitative estimate of drug-likeness (QED) is 0.738. The highest BCUT2D eigenvalue weighted by Gasteiger charge is 2.13. The second-order valence-electron chi connectivity index (χ2n) is 4.60. The van der Waals surface area contributed by atoms with Crippen LogP contribution in [0.3, 0.4) is 0 Å². The SMILES string of the molecule is COc1ncc(-c2cccc3nc(C)ccc23)c(OC)n1. The summed E-state index contributed by atoms with van der Waals surface area (Å²) in [6, 6.07) is 10.3. The van der Waals surface area contributed by atoms with Gasteiger partial charge in [-0.2, -0.15) is 4.98 Å². The number of pyridine rings is 1. The monoisotopic (exact) mass is 281 g/mol. The molecule has 5 nitrogen and oxygen atoms in total. The normalized spacial score (nSPS) is 10.6. The van der Waals surface area contributed by atoms with E-state index in [0.717, 1.165) is 27.7 Å². The summed E-state index contributed by atoms with van der Waals surface area (Å²) in [4.78, 5) is 13.0. The first-order valence-corrected chi connectivity index (χ1v) is 6.54. The Balaban J connectivity index is 2.25. The molecule has 0 N–H and O–H groups in total. The van der Waals surface area contributed by atoms with Gasteiger partial charge in [-0.3, -0.25) is 4.98 Å². The molecule has 0 saturated heterocycles. The predicted molar refractivity (Wildman–Crippen MR) is 80.6 cm³/mol. The highest BCUT2D eigenvalue weighted by molar-refractivity contribution is 5.95. The van der Waals surface area contributed by atoms with Gasteiger partial charge in [0.1, 0.15) is 0 Å². The molecular formula is C16H15N3O2. The summed E-state index contributed by atoms with van der Waals surface area (Å²) < 4.78 is 10.4. The van der Waals surface area contributed by atoms with Crippen molar-refractivity contribution in [1.82, 2.24) is 15.0 Å². The average Bonchev–Trinajstić information content (AvgIpc) is 2.53. The maximum Gasteiger partial charge on any atom is 0.319 e. The van der Waals surface area contributed by atoms with Crippen LogP contribution in [0.5, 0.6) is 11.9 Å². The van der Waals surface area contributed by atoms with Crippen molar-refractivity contribution >= 4 is 10.9 Å². The van der Waals surface area contributed by atoms with Gasteiger partial charge >= 0.3 is 6.01 Å². The van der Waals surface area contributed by atoms with Crippen LogP contribution in [0.25, 0.3) is 22.0 Å². The molecule has 0 atom stereocenters. The van der Waals surface area contributed by atoms with Crippen molar-refractivity contribution in [2.75, 3.05) is 14.2 Å². The molecule has 0 radical (unpaired) electrons. The first-order valence-electron chi connectivity index (χ1n) is 6.54. The fourth-order valence-electron chi connectivity index (χ4n) is 2.28. The molecule has 0 aliphatic carbocycles. The maximum atomic E-state index is 5.36. The number of fused-ring (bicyclic) bond motifs is 1. The molecule has 3 rings (SSSR count). The Hall–Kier alpha value is -2.69. The van der Waals surface area contributed by atoms with E-state index in [0.29, 0.717) is 5.88 Å². The summed E-state index contributed by atoms with van der Waals surface area (Å²) in [7, 11) is 3.11. The number of ether oxygens (including phenoxy) is 2. The zero-order chi connectivity index (χ0) is 14.8. The van der Waals surface area contributed by atoms with Gasteiger partial charge in [0.05, 0.1) is 25.3 Å². The van der Waals surface area contributed by atoms with Crippen molar-refractivity contribution in [1.29, 1.82) is 0 Å². The standard InChI is InChI=1S/C16H15N3O2/c1-10-7-8-12-11(5-4-6-14(12)18-10)13-9-17-16(21-3)19-15(13)20-2/h4-9H,1-3H3. The fraction of sp³-hybridized carbons (Fsp3) is 0.188. The molecule has 5 heteroatoms. The van der Waals surface area contributed by atoms with Gasteiger partial charge in [-0.15, -0.1) is 0 Å². The lowest BCUT2D eigenvalue weighted by Gasteiger charge is -2.10. The van der Waals surface area contributed by atoms with E-state index in [1.165, 1.54) is 7.11 Å². The number of nitrogens with zero attached hydrogens (tertiary/aromatic N) is 3. The lowest BCUT2D eigenvalue weighted by Crippen LogP contribution is -1.98. The number of hydrogen-bond acceptors (Lipinski definition) is 5. The summed E-state index contributed by atoms with van der Waals surface area (Å²) in [5, 5.41) is 1.04. The van der Waals surface area contributed by atoms with Crippen LogP contribution < -0.4 is 9.47 Å². The lowest BCUT2D eigenvalue weighted by atomic mass is 10.0. The third-order valence-electron chi connectivity index (χ3n) is 3.27. The van der Waals surface area contributed by atoms with Crippen molar-refractivity contribution < 1.29 is 9.47 Å². The minimum atomic E-state index is 0.282. The molecule has 0 fully saturated rings. The Morgan fingerprint density at radius 1 is 0.905 bits per heavy atom. The Morgan fingerprint density at radius 2 is 1.76 bits per heavy atom. The Bertz CT molecular complexity index is 803. The van der Waals surface area contributed by atoms with E-state index in [-0.39, 0.29) is 6.01 Å². The highest BCUT2D eigenvalue weighted by Crippen LogP contribution is 2.33. The molecule has 0 unspecified atom stereocenters. The predicted octanol–water partition coefficient (Wildman–Crippen LogP) is 3.02. The van der Waals surface area contributed by atoms with Crippen LogP contribution in [0.2, 0.25) is 0 Å². The minimum Gasteiger partial charge on any atom is -0.480 e. The number of methoxy groups -OCH3 is 2. The van der Waals surface area contributed by atoms with Crippen molar-refractivity contribution in [2.45, 2.75) is 6.92 Å². The smallest absolute Gasteiger partial charge is 0.319 e. The molecule has 0 spiro atoms. The molecule has 0 amide bonds. The van der Waals surface area contributed by atoms with Gasteiger partial charge in [0.25, 0.3) is 0 Å². The van der Waals surface area contributed by atoms with Crippen molar-refractivity contribution in [3.05, 3.63) is 42.2 Å². The third kappa shape index (κ3) is 2.38. The number of rotatable bonds is 3. The van der Waals surface area contributed by atoms with E-state index in [1.54, 1.807) is 13.3 Å². The second-order valence-corrected chi connectivity index (χ2v) is 4.60. The molecule has 0 saturated carbocycles. The van der Waals surface area contributed by atoms with Crippen LogP contribution in [0.4, 0.5) is 0 Å². The summed E-state index contributed by atoms with van der Waals surface area (Å²) in [5.74, 6) is 0.481. The minimum absolute atomic E-state index is 0.282. The Morgan fingerprint density at radius 3 is 2.52 bits per heavy atom. The number of hydrogen-bond donors (Lipinski definition) is 0. The van der Waals surface area contributed by atoms with Crippen LogP contribution in [0.1, 0.15) is 5.69 Å². The summed E-state index contributed by atoms with van der Waals surface area (Å²) >= 11 is 0. The molecule has 2 aromatic heterocycles. The van der Waals surface area contributed by atoms with E-state index >= 15 is 0 Å². The molecule has 2 heterocycles.